The summed E-state index contributed by atoms with van der Waals surface area (Å²) < 4.78 is 6.89. The lowest BCUT2D eigenvalue weighted by Crippen LogP contribution is -2.37. The Labute approximate surface area is 145 Å². The topological polar surface area (TPSA) is 49.8 Å². The molecule has 0 bridgehead atoms. The van der Waals surface area contributed by atoms with Crippen molar-refractivity contribution >= 4 is 41.0 Å². The first-order valence-electron chi connectivity index (χ1n) is 6.98. The van der Waals surface area contributed by atoms with Crippen molar-refractivity contribution in [2.24, 2.45) is 5.92 Å². The third kappa shape index (κ3) is 6.40. The molecule has 0 atom stereocenters. The molecule has 0 spiro atoms. The molecule has 1 saturated heterocycles. The van der Waals surface area contributed by atoms with Gasteiger partial charge >= 0.3 is 5.97 Å². The molecule has 1 N–H and O–H groups in total. The highest BCUT2D eigenvalue weighted by molar-refractivity contribution is 14.1. The molecular formula is C15H21ClINO3. The van der Waals surface area contributed by atoms with E-state index in [4.69, 9.17) is 9.84 Å². The van der Waals surface area contributed by atoms with Gasteiger partial charge in [-0.25, -0.2) is 0 Å². The molecule has 1 aliphatic rings. The SMILES string of the molecule is Cl.O=C(O)C1CCN(CCCOc2cccc(I)c2)CC1. The molecule has 1 aromatic carbocycles. The lowest BCUT2D eigenvalue weighted by molar-refractivity contribution is -0.143. The molecule has 0 unspecified atom stereocenters. The largest absolute Gasteiger partial charge is 0.494 e. The second kappa shape index (κ2) is 9.48. The summed E-state index contributed by atoms with van der Waals surface area (Å²) in [6, 6.07) is 8.03. The standard InChI is InChI=1S/C15H20INO3.ClH/c16-13-3-1-4-14(11-13)20-10-2-7-17-8-5-12(6-9-17)15(18)19;/h1,3-4,11-12H,2,5-10H2,(H,18,19);1H. The number of hydrogen-bond acceptors (Lipinski definition) is 3. The number of hydrogen-bond donors (Lipinski definition) is 1. The van der Waals surface area contributed by atoms with Crippen LogP contribution in [0.5, 0.6) is 5.75 Å². The molecule has 1 fully saturated rings. The number of ether oxygens (including phenoxy) is 1. The minimum Gasteiger partial charge on any atom is -0.494 e. The Hall–Kier alpha value is -0.530. The van der Waals surface area contributed by atoms with Gasteiger partial charge in [-0.15, -0.1) is 12.4 Å². The van der Waals surface area contributed by atoms with Crippen LogP contribution in [0, 0.1) is 9.49 Å². The molecule has 118 valence electrons. The van der Waals surface area contributed by atoms with Gasteiger partial charge in [0.1, 0.15) is 5.75 Å². The van der Waals surface area contributed by atoms with Crippen LogP contribution in [-0.4, -0.2) is 42.2 Å². The molecule has 6 heteroatoms. The summed E-state index contributed by atoms with van der Waals surface area (Å²) in [5, 5.41) is 8.95. The second-order valence-corrected chi connectivity index (χ2v) is 6.36. The van der Waals surface area contributed by atoms with Crippen molar-refractivity contribution < 1.29 is 14.6 Å². The predicted octanol–water partition coefficient (Wildman–Crippen LogP) is 3.28. The maximum absolute atomic E-state index is 10.9. The third-order valence-corrected chi connectivity index (χ3v) is 4.29. The summed E-state index contributed by atoms with van der Waals surface area (Å²) in [4.78, 5) is 13.2. The number of halogens is 2. The van der Waals surface area contributed by atoms with Crippen molar-refractivity contribution in [3.8, 4) is 5.75 Å². The highest BCUT2D eigenvalue weighted by Crippen LogP contribution is 2.18. The number of carbonyl (C=O) groups is 1. The minimum absolute atomic E-state index is 0. The second-order valence-electron chi connectivity index (χ2n) is 5.11. The van der Waals surface area contributed by atoms with E-state index in [2.05, 4.69) is 27.5 Å². The Bertz CT molecular complexity index is 450. The van der Waals surface area contributed by atoms with Crippen LogP contribution in [0.2, 0.25) is 0 Å². The van der Waals surface area contributed by atoms with Gasteiger partial charge < -0.3 is 14.7 Å². The lowest BCUT2D eigenvalue weighted by atomic mass is 9.97. The first kappa shape index (κ1) is 18.5. The predicted molar refractivity (Wildman–Crippen MR) is 93.3 cm³/mol. The third-order valence-electron chi connectivity index (χ3n) is 3.62. The van der Waals surface area contributed by atoms with Crippen LogP contribution < -0.4 is 4.74 Å². The Morgan fingerprint density at radius 2 is 2.10 bits per heavy atom. The number of rotatable bonds is 6. The van der Waals surface area contributed by atoms with Crippen molar-refractivity contribution in [1.82, 2.24) is 4.90 Å². The van der Waals surface area contributed by atoms with E-state index < -0.39 is 5.97 Å². The molecule has 0 amide bonds. The van der Waals surface area contributed by atoms with E-state index in [1.54, 1.807) is 0 Å². The van der Waals surface area contributed by atoms with Crippen molar-refractivity contribution in [3.63, 3.8) is 0 Å². The first-order chi connectivity index (χ1) is 9.65. The number of benzene rings is 1. The van der Waals surface area contributed by atoms with Gasteiger partial charge in [-0.2, -0.15) is 0 Å². The van der Waals surface area contributed by atoms with Crippen molar-refractivity contribution in [3.05, 3.63) is 27.8 Å². The molecule has 0 aliphatic carbocycles. The summed E-state index contributed by atoms with van der Waals surface area (Å²) in [5.41, 5.74) is 0. The molecule has 4 nitrogen and oxygen atoms in total. The first-order valence-corrected chi connectivity index (χ1v) is 8.06. The number of aliphatic carboxylic acids is 1. The Kier molecular flexibility index (Phi) is 8.36. The molecule has 0 aromatic heterocycles. The zero-order valence-electron chi connectivity index (χ0n) is 11.8. The smallest absolute Gasteiger partial charge is 0.306 e. The van der Waals surface area contributed by atoms with E-state index in [-0.39, 0.29) is 18.3 Å². The van der Waals surface area contributed by atoms with Crippen LogP contribution in [0.15, 0.2) is 24.3 Å². The van der Waals surface area contributed by atoms with Crippen LogP contribution >= 0.6 is 35.0 Å². The van der Waals surface area contributed by atoms with Gasteiger partial charge in [0.15, 0.2) is 0 Å². The minimum atomic E-state index is -0.647. The fourth-order valence-corrected chi connectivity index (χ4v) is 2.95. The van der Waals surface area contributed by atoms with Crippen molar-refractivity contribution in [2.75, 3.05) is 26.2 Å². The number of carboxylic acids is 1. The van der Waals surface area contributed by atoms with Crippen LogP contribution in [0.3, 0.4) is 0 Å². The van der Waals surface area contributed by atoms with E-state index in [9.17, 15) is 4.79 Å². The van der Waals surface area contributed by atoms with E-state index in [0.717, 1.165) is 44.6 Å². The number of piperidine rings is 1. The normalized spacial score (nSPS) is 16.2. The van der Waals surface area contributed by atoms with E-state index >= 15 is 0 Å². The Balaban J connectivity index is 0.00000220. The van der Waals surface area contributed by atoms with E-state index in [0.29, 0.717) is 6.61 Å². The molecule has 1 aliphatic heterocycles. The van der Waals surface area contributed by atoms with E-state index in [1.807, 2.05) is 24.3 Å². The lowest BCUT2D eigenvalue weighted by Gasteiger charge is -2.29. The Morgan fingerprint density at radius 1 is 1.38 bits per heavy atom. The zero-order valence-corrected chi connectivity index (χ0v) is 14.8. The van der Waals surface area contributed by atoms with Crippen molar-refractivity contribution in [1.29, 1.82) is 0 Å². The highest BCUT2D eigenvalue weighted by Gasteiger charge is 2.23. The van der Waals surface area contributed by atoms with Gasteiger partial charge in [-0.05, 0) is 73.1 Å². The summed E-state index contributed by atoms with van der Waals surface area (Å²) in [6.45, 7) is 3.47. The maximum atomic E-state index is 10.9. The quantitative estimate of drug-likeness (QED) is 0.561. The average molecular weight is 426 g/mol. The molecule has 0 saturated carbocycles. The van der Waals surface area contributed by atoms with Crippen LogP contribution in [0.25, 0.3) is 0 Å². The van der Waals surface area contributed by atoms with Crippen LogP contribution in [0.1, 0.15) is 19.3 Å². The van der Waals surface area contributed by atoms with E-state index in [1.165, 1.54) is 3.57 Å². The van der Waals surface area contributed by atoms with Crippen LogP contribution in [-0.2, 0) is 4.79 Å². The molecule has 1 heterocycles. The molecule has 2 rings (SSSR count). The number of carboxylic acid groups (broad SMARTS) is 1. The van der Waals surface area contributed by atoms with Gasteiger partial charge in [0.2, 0.25) is 0 Å². The molecular weight excluding hydrogens is 405 g/mol. The molecule has 1 aromatic rings. The van der Waals surface area contributed by atoms with Crippen LogP contribution in [0.4, 0.5) is 0 Å². The summed E-state index contributed by atoms with van der Waals surface area (Å²) in [7, 11) is 0. The Morgan fingerprint density at radius 3 is 2.71 bits per heavy atom. The van der Waals surface area contributed by atoms with Gasteiger partial charge in [0.05, 0.1) is 12.5 Å². The fourth-order valence-electron chi connectivity index (χ4n) is 2.44. The zero-order chi connectivity index (χ0) is 14.4. The monoisotopic (exact) mass is 425 g/mol. The van der Waals surface area contributed by atoms with Gasteiger partial charge in [0.25, 0.3) is 0 Å². The summed E-state index contributed by atoms with van der Waals surface area (Å²) >= 11 is 2.27. The summed E-state index contributed by atoms with van der Waals surface area (Å²) in [5.74, 6) is 0.127. The average Bonchev–Trinajstić information content (AvgIpc) is 2.44. The molecule has 0 radical (unpaired) electrons. The highest BCUT2D eigenvalue weighted by atomic mass is 127. The number of likely N-dealkylation sites (tertiary alicyclic amines) is 1. The van der Waals surface area contributed by atoms with Gasteiger partial charge in [-0.1, -0.05) is 6.07 Å². The molecule has 21 heavy (non-hydrogen) atoms. The van der Waals surface area contributed by atoms with Crippen molar-refractivity contribution in [2.45, 2.75) is 19.3 Å². The van der Waals surface area contributed by atoms with Gasteiger partial charge in [0, 0.05) is 10.1 Å². The number of nitrogens with zero attached hydrogens (tertiary/aromatic N) is 1. The summed E-state index contributed by atoms with van der Waals surface area (Å²) in [6.07, 6.45) is 2.52. The maximum Gasteiger partial charge on any atom is 0.306 e. The fraction of sp³-hybridized carbons (Fsp3) is 0.533. The van der Waals surface area contributed by atoms with Gasteiger partial charge in [-0.3, -0.25) is 4.79 Å².